The number of benzene rings is 1. The zero-order valence-electron chi connectivity index (χ0n) is 11.4. The fraction of sp³-hybridized carbons (Fsp3) is 0.538. The average Bonchev–Trinajstić information content (AvgIpc) is 2.36. The first-order valence-electron chi connectivity index (χ1n) is 6.44. The Morgan fingerprint density at radius 1 is 1.42 bits per heavy atom. The largest absolute Gasteiger partial charge is 0.492 e. The second-order valence-electron chi connectivity index (χ2n) is 4.41. The number of ether oxygens (including phenoxy) is 1. The highest BCUT2D eigenvalue weighted by Gasteiger charge is 2.19. The molecule has 6 heteroatoms. The van der Waals surface area contributed by atoms with Crippen LogP contribution in [0.25, 0.3) is 0 Å². The SMILES string of the molecule is CCCC(C)S(=O)(=O)Nc1cccc(OCCN)c1. The lowest BCUT2D eigenvalue weighted by atomic mass is 10.3. The molecule has 1 aromatic rings. The molecule has 0 radical (unpaired) electrons. The highest BCUT2D eigenvalue weighted by atomic mass is 32.2. The van der Waals surface area contributed by atoms with Gasteiger partial charge in [-0.25, -0.2) is 8.42 Å². The van der Waals surface area contributed by atoms with Gasteiger partial charge < -0.3 is 10.5 Å². The van der Waals surface area contributed by atoms with Crippen molar-refractivity contribution < 1.29 is 13.2 Å². The fourth-order valence-electron chi connectivity index (χ4n) is 1.65. The molecule has 19 heavy (non-hydrogen) atoms. The van der Waals surface area contributed by atoms with Crippen molar-refractivity contribution in [2.75, 3.05) is 17.9 Å². The summed E-state index contributed by atoms with van der Waals surface area (Å²) in [7, 11) is -3.34. The molecule has 0 fully saturated rings. The van der Waals surface area contributed by atoms with Gasteiger partial charge in [0.15, 0.2) is 0 Å². The lowest BCUT2D eigenvalue weighted by molar-refractivity contribution is 0.328. The van der Waals surface area contributed by atoms with Crippen LogP contribution >= 0.6 is 0 Å². The quantitative estimate of drug-likeness (QED) is 0.765. The van der Waals surface area contributed by atoms with Gasteiger partial charge in [0.05, 0.1) is 10.9 Å². The molecule has 0 aliphatic carbocycles. The first kappa shape index (κ1) is 15.8. The van der Waals surface area contributed by atoms with Gasteiger partial charge in [-0.05, 0) is 25.5 Å². The normalized spacial score (nSPS) is 13.0. The van der Waals surface area contributed by atoms with Crippen LogP contribution in [-0.2, 0) is 10.0 Å². The second kappa shape index (κ2) is 7.35. The molecule has 1 rings (SSSR count). The van der Waals surface area contributed by atoms with Crippen molar-refractivity contribution in [3.05, 3.63) is 24.3 Å². The van der Waals surface area contributed by atoms with Crippen molar-refractivity contribution in [1.29, 1.82) is 0 Å². The van der Waals surface area contributed by atoms with Gasteiger partial charge in [-0.3, -0.25) is 4.72 Å². The number of rotatable bonds is 8. The third kappa shape index (κ3) is 5.08. The topological polar surface area (TPSA) is 81.4 Å². The Balaban J connectivity index is 2.76. The molecule has 0 saturated heterocycles. The summed E-state index contributed by atoms with van der Waals surface area (Å²) in [5.74, 6) is 0.605. The van der Waals surface area contributed by atoms with Gasteiger partial charge in [0.25, 0.3) is 0 Å². The monoisotopic (exact) mass is 286 g/mol. The van der Waals surface area contributed by atoms with E-state index in [-0.39, 0.29) is 0 Å². The zero-order chi connectivity index (χ0) is 14.3. The van der Waals surface area contributed by atoms with Crippen LogP contribution in [0.15, 0.2) is 24.3 Å². The molecule has 0 saturated carbocycles. The van der Waals surface area contributed by atoms with Crippen LogP contribution in [0.4, 0.5) is 5.69 Å². The maximum Gasteiger partial charge on any atom is 0.235 e. The predicted molar refractivity (Wildman–Crippen MR) is 77.9 cm³/mol. The van der Waals surface area contributed by atoms with E-state index in [0.717, 1.165) is 6.42 Å². The third-order valence-corrected chi connectivity index (χ3v) is 4.52. The molecule has 0 aliphatic heterocycles. The highest BCUT2D eigenvalue weighted by molar-refractivity contribution is 7.93. The molecular formula is C13H22N2O3S. The molecule has 0 bridgehead atoms. The maximum atomic E-state index is 12.0. The van der Waals surface area contributed by atoms with Gasteiger partial charge in [0, 0.05) is 12.6 Å². The molecule has 3 N–H and O–H groups in total. The van der Waals surface area contributed by atoms with Gasteiger partial charge in [-0.15, -0.1) is 0 Å². The van der Waals surface area contributed by atoms with Gasteiger partial charge >= 0.3 is 0 Å². The van der Waals surface area contributed by atoms with E-state index in [4.69, 9.17) is 10.5 Å². The van der Waals surface area contributed by atoms with Crippen molar-refractivity contribution in [2.45, 2.75) is 31.9 Å². The number of sulfonamides is 1. The molecule has 1 atom stereocenters. The summed E-state index contributed by atoms with van der Waals surface area (Å²) in [6, 6.07) is 6.87. The predicted octanol–water partition coefficient (Wildman–Crippen LogP) is 1.95. The minimum absolute atomic E-state index is 0.405. The minimum Gasteiger partial charge on any atom is -0.492 e. The van der Waals surface area contributed by atoms with Crippen LogP contribution in [0.1, 0.15) is 26.7 Å². The maximum absolute atomic E-state index is 12.0. The number of hydrogen-bond donors (Lipinski definition) is 2. The molecular weight excluding hydrogens is 264 g/mol. The van der Waals surface area contributed by atoms with E-state index in [9.17, 15) is 8.42 Å². The molecule has 0 spiro atoms. The average molecular weight is 286 g/mol. The van der Waals surface area contributed by atoms with Crippen molar-refractivity contribution in [3.8, 4) is 5.75 Å². The van der Waals surface area contributed by atoms with Crippen molar-refractivity contribution in [2.24, 2.45) is 5.73 Å². The second-order valence-corrected chi connectivity index (χ2v) is 6.51. The van der Waals surface area contributed by atoms with Crippen LogP contribution in [0.3, 0.4) is 0 Å². The van der Waals surface area contributed by atoms with Crippen molar-refractivity contribution >= 4 is 15.7 Å². The number of anilines is 1. The summed E-state index contributed by atoms with van der Waals surface area (Å²) in [6.07, 6.45) is 1.47. The molecule has 0 amide bonds. The Kier molecular flexibility index (Phi) is 6.11. The first-order valence-corrected chi connectivity index (χ1v) is 7.98. The molecule has 108 valence electrons. The lowest BCUT2D eigenvalue weighted by Gasteiger charge is -2.14. The van der Waals surface area contributed by atoms with Gasteiger partial charge in [0.2, 0.25) is 10.0 Å². The fourth-order valence-corrected chi connectivity index (χ4v) is 2.86. The molecule has 5 nitrogen and oxygen atoms in total. The summed E-state index contributed by atoms with van der Waals surface area (Å²) < 4.78 is 32.0. The Morgan fingerprint density at radius 3 is 2.79 bits per heavy atom. The molecule has 0 aliphatic rings. The van der Waals surface area contributed by atoms with Crippen molar-refractivity contribution in [1.82, 2.24) is 0 Å². The minimum atomic E-state index is -3.34. The van der Waals surface area contributed by atoms with E-state index in [1.165, 1.54) is 0 Å². The van der Waals surface area contributed by atoms with Gasteiger partial charge in [-0.1, -0.05) is 19.4 Å². The van der Waals surface area contributed by atoms with E-state index in [1.54, 1.807) is 31.2 Å². The Labute approximate surface area is 115 Å². The van der Waals surface area contributed by atoms with Crippen LogP contribution in [0.5, 0.6) is 5.75 Å². The summed E-state index contributed by atoms with van der Waals surface area (Å²) >= 11 is 0. The Morgan fingerprint density at radius 2 is 2.16 bits per heavy atom. The van der Waals surface area contributed by atoms with Crippen LogP contribution < -0.4 is 15.2 Å². The highest BCUT2D eigenvalue weighted by Crippen LogP contribution is 2.20. The Hall–Kier alpha value is -1.27. The lowest BCUT2D eigenvalue weighted by Crippen LogP contribution is -2.25. The summed E-state index contributed by atoms with van der Waals surface area (Å²) in [5, 5.41) is -0.411. The molecule has 0 heterocycles. The van der Waals surface area contributed by atoms with E-state index in [2.05, 4.69) is 4.72 Å². The summed E-state index contributed by atoms with van der Waals surface area (Å²) in [5.41, 5.74) is 5.86. The van der Waals surface area contributed by atoms with Crippen LogP contribution in [0, 0.1) is 0 Å². The third-order valence-electron chi connectivity index (χ3n) is 2.71. The van der Waals surface area contributed by atoms with E-state index >= 15 is 0 Å². The standard InChI is InChI=1S/C13H22N2O3S/c1-3-5-11(2)19(16,17)15-12-6-4-7-13(10-12)18-9-8-14/h4,6-7,10-11,15H,3,5,8-9,14H2,1-2H3. The van der Waals surface area contributed by atoms with Gasteiger partial charge in [0.1, 0.15) is 12.4 Å². The molecule has 0 aromatic heterocycles. The van der Waals surface area contributed by atoms with E-state index in [0.29, 0.717) is 31.0 Å². The van der Waals surface area contributed by atoms with Crippen LogP contribution in [0.2, 0.25) is 0 Å². The molecule has 1 aromatic carbocycles. The van der Waals surface area contributed by atoms with E-state index < -0.39 is 15.3 Å². The van der Waals surface area contributed by atoms with Crippen molar-refractivity contribution in [3.63, 3.8) is 0 Å². The number of hydrogen-bond acceptors (Lipinski definition) is 4. The number of nitrogens with two attached hydrogens (primary N) is 1. The number of nitrogens with one attached hydrogen (secondary N) is 1. The Bertz CT molecular complexity index is 488. The first-order chi connectivity index (χ1) is 8.99. The summed E-state index contributed by atoms with van der Waals surface area (Å²) in [4.78, 5) is 0. The van der Waals surface area contributed by atoms with Gasteiger partial charge in [-0.2, -0.15) is 0 Å². The zero-order valence-corrected chi connectivity index (χ0v) is 12.2. The van der Waals surface area contributed by atoms with Crippen LogP contribution in [-0.4, -0.2) is 26.8 Å². The summed E-state index contributed by atoms with van der Waals surface area (Å²) in [6.45, 7) is 4.50. The smallest absolute Gasteiger partial charge is 0.235 e. The molecule has 1 unspecified atom stereocenters. The van der Waals surface area contributed by atoms with E-state index in [1.807, 2.05) is 6.92 Å².